The molecule has 1 aliphatic rings. The van der Waals surface area contributed by atoms with Crippen LogP contribution in [-0.4, -0.2) is 23.0 Å². The zero-order chi connectivity index (χ0) is 15.7. The summed E-state index contributed by atoms with van der Waals surface area (Å²) in [5.74, 6) is -0.774. The van der Waals surface area contributed by atoms with Crippen molar-refractivity contribution in [2.75, 3.05) is 0 Å². The number of nitrogens with one attached hydrogen (secondary N) is 1. The van der Waals surface area contributed by atoms with Crippen molar-refractivity contribution in [2.24, 2.45) is 5.41 Å². The molecule has 122 valence electrons. The fourth-order valence-electron chi connectivity index (χ4n) is 3.16. The van der Waals surface area contributed by atoms with Crippen molar-refractivity contribution in [1.82, 2.24) is 5.32 Å². The predicted octanol–water partition coefficient (Wildman–Crippen LogP) is 3.89. The quantitative estimate of drug-likeness (QED) is 0.601. The topological polar surface area (TPSA) is 66.4 Å². The molecule has 0 aromatic carbocycles. The molecule has 1 saturated carbocycles. The van der Waals surface area contributed by atoms with E-state index >= 15 is 0 Å². The van der Waals surface area contributed by atoms with E-state index in [-0.39, 0.29) is 11.9 Å². The van der Waals surface area contributed by atoms with Crippen LogP contribution < -0.4 is 5.32 Å². The molecule has 1 amide bonds. The normalized spacial score (nSPS) is 25.0. The van der Waals surface area contributed by atoms with Gasteiger partial charge in [-0.2, -0.15) is 0 Å². The van der Waals surface area contributed by atoms with Crippen molar-refractivity contribution in [2.45, 2.75) is 90.5 Å². The van der Waals surface area contributed by atoms with Crippen LogP contribution >= 0.6 is 0 Å². The van der Waals surface area contributed by atoms with Gasteiger partial charge in [0.05, 0.1) is 5.41 Å². The third-order valence-corrected chi connectivity index (χ3v) is 4.79. The summed E-state index contributed by atoms with van der Waals surface area (Å²) < 4.78 is 0. The summed E-state index contributed by atoms with van der Waals surface area (Å²) in [6.45, 7) is 3.96. The highest BCUT2D eigenvalue weighted by molar-refractivity contribution is 5.80. The molecule has 21 heavy (non-hydrogen) atoms. The number of hydrogen-bond acceptors (Lipinski definition) is 2. The lowest BCUT2D eigenvalue weighted by molar-refractivity contribution is -0.149. The number of carbonyl (C=O) groups excluding carboxylic acids is 1. The molecule has 2 N–H and O–H groups in total. The first kappa shape index (κ1) is 18.0. The van der Waals surface area contributed by atoms with Crippen LogP contribution in [0.3, 0.4) is 0 Å². The van der Waals surface area contributed by atoms with E-state index in [0.29, 0.717) is 12.8 Å². The van der Waals surface area contributed by atoms with Crippen LogP contribution in [0.4, 0.5) is 0 Å². The molecule has 0 saturated heterocycles. The highest BCUT2D eigenvalue weighted by atomic mass is 16.4. The summed E-state index contributed by atoms with van der Waals surface area (Å²) in [7, 11) is 0. The molecule has 0 heterocycles. The summed E-state index contributed by atoms with van der Waals surface area (Å²) in [5, 5.41) is 12.3. The summed E-state index contributed by atoms with van der Waals surface area (Å²) in [6.07, 6.45) is 11.2. The van der Waals surface area contributed by atoms with Crippen molar-refractivity contribution in [3.63, 3.8) is 0 Å². The van der Waals surface area contributed by atoms with Crippen LogP contribution in [0, 0.1) is 5.41 Å². The minimum Gasteiger partial charge on any atom is -0.481 e. The van der Waals surface area contributed by atoms with Gasteiger partial charge < -0.3 is 10.4 Å². The summed E-state index contributed by atoms with van der Waals surface area (Å²) >= 11 is 0. The number of aliphatic carboxylic acids is 1. The molecule has 4 nitrogen and oxygen atoms in total. The van der Waals surface area contributed by atoms with Gasteiger partial charge in [0.2, 0.25) is 5.91 Å². The minimum atomic E-state index is -0.791. The van der Waals surface area contributed by atoms with Gasteiger partial charge in [0.15, 0.2) is 0 Å². The SMILES string of the molecule is CCCCCCCCCC(=O)NC1CCCC1(C)C(=O)O. The number of hydrogen-bond donors (Lipinski definition) is 2. The summed E-state index contributed by atoms with van der Waals surface area (Å²) in [4.78, 5) is 23.3. The standard InChI is InChI=1S/C17H31NO3/c1-3-4-5-6-7-8-9-12-15(19)18-14-11-10-13-17(14,2)16(20)21/h14H,3-13H2,1-2H3,(H,18,19)(H,20,21). The first-order chi connectivity index (χ1) is 10.0. The monoisotopic (exact) mass is 297 g/mol. The lowest BCUT2D eigenvalue weighted by Crippen LogP contribution is -2.46. The fourth-order valence-corrected chi connectivity index (χ4v) is 3.16. The van der Waals surface area contributed by atoms with Gasteiger partial charge in [-0.3, -0.25) is 9.59 Å². The van der Waals surface area contributed by atoms with Crippen LogP contribution in [0.1, 0.15) is 84.5 Å². The van der Waals surface area contributed by atoms with Crippen LogP contribution in [0.25, 0.3) is 0 Å². The van der Waals surface area contributed by atoms with E-state index in [4.69, 9.17) is 0 Å². The van der Waals surface area contributed by atoms with E-state index in [0.717, 1.165) is 25.7 Å². The molecule has 0 spiro atoms. The second kappa shape index (κ2) is 9.06. The van der Waals surface area contributed by atoms with Crippen molar-refractivity contribution >= 4 is 11.9 Å². The average molecular weight is 297 g/mol. The Hall–Kier alpha value is -1.06. The maximum absolute atomic E-state index is 11.9. The molecule has 0 aromatic heterocycles. The number of carboxylic acid groups (broad SMARTS) is 1. The summed E-state index contributed by atoms with van der Waals surface area (Å²) in [6, 6.07) is -0.202. The molecular weight excluding hydrogens is 266 g/mol. The first-order valence-electron chi connectivity index (χ1n) is 8.53. The molecule has 4 heteroatoms. The Labute approximate surface area is 128 Å². The average Bonchev–Trinajstić information content (AvgIpc) is 2.80. The van der Waals surface area contributed by atoms with Gasteiger partial charge >= 0.3 is 5.97 Å². The molecule has 0 radical (unpaired) electrons. The lowest BCUT2D eigenvalue weighted by Gasteiger charge is -2.27. The minimum absolute atomic E-state index is 0.0166. The van der Waals surface area contributed by atoms with Crippen LogP contribution in [-0.2, 0) is 9.59 Å². The Morgan fingerprint density at radius 2 is 1.76 bits per heavy atom. The molecule has 2 unspecified atom stereocenters. The second-order valence-electron chi connectivity index (χ2n) is 6.61. The second-order valence-corrected chi connectivity index (χ2v) is 6.61. The van der Waals surface area contributed by atoms with Crippen LogP contribution in [0.2, 0.25) is 0 Å². The van der Waals surface area contributed by atoms with Crippen molar-refractivity contribution < 1.29 is 14.7 Å². The molecule has 1 fully saturated rings. The van der Waals surface area contributed by atoms with E-state index in [1.165, 1.54) is 32.1 Å². The van der Waals surface area contributed by atoms with Crippen LogP contribution in [0.15, 0.2) is 0 Å². The molecule has 1 aliphatic carbocycles. The van der Waals surface area contributed by atoms with Gasteiger partial charge in [-0.1, -0.05) is 51.9 Å². The number of carboxylic acids is 1. The lowest BCUT2D eigenvalue weighted by atomic mass is 9.85. The van der Waals surface area contributed by atoms with E-state index < -0.39 is 11.4 Å². The third kappa shape index (κ3) is 5.68. The molecular formula is C17H31NO3. The highest BCUT2D eigenvalue weighted by Crippen LogP contribution is 2.38. The van der Waals surface area contributed by atoms with Gasteiger partial charge in [-0.05, 0) is 26.2 Å². The Bertz CT molecular complexity index is 343. The van der Waals surface area contributed by atoms with Gasteiger partial charge in [0, 0.05) is 12.5 Å². The Morgan fingerprint density at radius 3 is 2.38 bits per heavy atom. The van der Waals surface area contributed by atoms with Gasteiger partial charge in [-0.25, -0.2) is 0 Å². The Morgan fingerprint density at radius 1 is 1.14 bits per heavy atom. The number of unbranched alkanes of at least 4 members (excludes halogenated alkanes) is 6. The Balaban J connectivity index is 2.17. The molecule has 0 aromatic rings. The first-order valence-corrected chi connectivity index (χ1v) is 8.53. The van der Waals surface area contributed by atoms with Gasteiger partial charge in [0.25, 0.3) is 0 Å². The smallest absolute Gasteiger partial charge is 0.311 e. The molecule has 0 bridgehead atoms. The fraction of sp³-hybridized carbons (Fsp3) is 0.882. The highest BCUT2D eigenvalue weighted by Gasteiger charge is 2.45. The number of carbonyl (C=O) groups is 2. The van der Waals surface area contributed by atoms with Gasteiger partial charge in [0.1, 0.15) is 0 Å². The predicted molar refractivity (Wildman–Crippen MR) is 84.1 cm³/mol. The maximum atomic E-state index is 11.9. The van der Waals surface area contributed by atoms with Crippen LogP contribution in [0.5, 0.6) is 0 Å². The van der Waals surface area contributed by atoms with Crippen molar-refractivity contribution in [1.29, 1.82) is 0 Å². The number of rotatable bonds is 10. The van der Waals surface area contributed by atoms with E-state index in [9.17, 15) is 14.7 Å². The third-order valence-electron chi connectivity index (χ3n) is 4.79. The van der Waals surface area contributed by atoms with Crippen molar-refractivity contribution in [3.05, 3.63) is 0 Å². The largest absolute Gasteiger partial charge is 0.481 e. The zero-order valence-electron chi connectivity index (χ0n) is 13.6. The van der Waals surface area contributed by atoms with Crippen molar-refractivity contribution in [3.8, 4) is 0 Å². The molecule has 2 atom stereocenters. The Kier molecular flexibility index (Phi) is 7.76. The van der Waals surface area contributed by atoms with E-state index in [1.807, 2.05) is 0 Å². The van der Waals surface area contributed by atoms with E-state index in [2.05, 4.69) is 12.2 Å². The zero-order valence-corrected chi connectivity index (χ0v) is 13.6. The van der Waals surface area contributed by atoms with Gasteiger partial charge in [-0.15, -0.1) is 0 Å². The summed E-state index contributed by atoms with van der Waals surface area (Å²) in [5.41, 5.74) is -0.782. The number of amides is 1. The van der Waals surface area contributed by atoms with E-state index in [1.54, 1.807) is 6.92 Å². The maximum Gasteiger partial charge on any atom is 0.311 e. The molecule has 1 rings (SSSR count). The molecule has 0 aliphatic heterocycles.